The fraction of sp³-hybridized carbons (Fsp3) is 0.625. The van der Waals surface area contributed by atoms with Gasteiger partial charge in [0.25, 0.3) is 0 Å². The van der Waals surface area contributed by atoms with E-state index in [9.17, 15) is 9.59 Å². The van der Waals surface area contributed by atoms with Crippen LogP contribution in [-0.2, 0) is 11.2 Å². The van der Waals surface area contributed by atoms with E-state index >= 15 is 0 Å². The lowest BCUT2D eigenvalue weighted by atomic mass is 9.98. The van der Waals surface area contributed by atoms with E-state index in [0.717, 1.165) is 19.4 Å². The third kappa shape index (κ3) is 4.30. The zero-order valence-electron chi connectivity index (χ0n) is 13.7. The number of hydrogen-bond donors (Lipinski definition) is 2. The normalized spacial score (nSPS) is 18.6. The van der Waals surface area contributed by atoms with Crippen LogP contribution < -0.4 is 10.6 Å². The third-order valence-electron chi connectivity index (χ3n) is 3.68. The van der Waals surface area contributed by atoms with Crippen molar-refractivity contribution >= 4 is 23.3 Å². The second-order valence-corrected chi connectivity index (χ2v) is 7.70. The number of nitrogens with one attached hydrogen (secondary N) is 2. The largest absolute Gasteiger partial charge is 0.333 e. The van der Waals surface area contributed by atoms with E-state index in [1.165, 1.54) is 10.4 Å². The number of carbonyl (C=O) groups excluding carboxylic acids is 2. The standard InChI is InChI=1S/C16H25N3O2S/c1-5-12-11-7-9-22-13(11)6-8-19(12)10-14(20)17-15(21)18-16(2,3)4/h7,9,12H,5-6,8,10H2,1-4H3,(H2,17,18,20,21). The van der Waals surface area contributed by atoms with Crippen LogP contribution in [0.4, 0.5) is 4.79 Å². The Hall–Kier alpha value is -1.40. The molecule has 0 spiro atoms. The highest BCUT2D eigenvalue weighted by molar-refractivity contribution is 7.10. The summed E-state index contributed by atoms with van der Waals surface area (Å²) < 4.78 is 0. The first-order chi connectivity index (χ1) is 10.3. The predicted molar refractivity (Wildman–Crippen MR) is 89.1 cm³/mol. The molecule has 122 valence electrons. The van der Waals surface area contributed by atoms with Crippen molar-refractivity contribution in [1.29, 1.82) is 0 Å². The SMILES string of the molecule is CCC1c2ccsc2CCN1CC(=O)NC(=O)NC(C)(C)C. The summed E-state index contributed by atoms with van der Waals surface area (Å²) >= 11 is 1.79. The zero-order valence-corrected chi connectivity index (χ0v) is 14.5. The number of hydrogen-bond acceptors (Lipinski definition) is 4. The van der Waals surface area contributed by atoms with Crippen molar-refractivity contribution in [2.45, 2.75) is 52.1 Å². The molecule has 1 aliphatic rings. The molecule has 1 unspecified atom stereocenters. The predicted octanol–water partition coefficient (Wildman–Crippen LogP) is 2.68. The lowest BCUT2D eigenvalue weighted by Gasteiger charge is -2.34. The van der Waals surface area contributed by atoms with Gasteiger partial charge in [0.2, 0.25) is 5.91 Å². The number of amides is 3. The van der Waals surface area contributed by atoms with Crippen molar-refractivity contribution in [3.8, 4) is 0 Å². The van der Waals surface area contributed by atoms with E-state index in [-0.39, 0.29) is 24.0 Å². The molecule has 0 aromatic carbocycles. The van der Waals surface area contributed by atoms with Crippen LogP contribution in [0.25, 0.3) is 0 Å². The number of rotatable bonds is 3. The van der Waals surface area contributed by atoms with Gasteiger partial charge in [-0.05, 0) is 50.6 Å². The average molecular weight is 323 g/mol. The van der Waals surface area contributed by atoms with Crippen molar-refractivity contribution in [1.82, 2.24) is 15.5 Å². The molecule has 0 saturated heterocycles. The van der Waals surface area contributed by atoms with Gasteiger partial charge in [-0.2, -0.15) is 0 Å². The Balaban J connectivity index is 1.93. The van der Waals surface area contributed by atoms with Gasteiger partial charge >= 0.3 is 6.03 Å². The third-order valence-corrected chi connectivity index (χ3v) is 4.68. The summed E-state index contributed by atoms with van der Waals surface area (Å²) in [4.78, 5) is 27.5. The Kier molecular flexibility index (Phi) is 5.24. The van der Waals surface area contributed by atoms with Gasteiger partial charge in [-0.15, -0.1) is 11.3 Å². The Morgan fingerprint density at radius 2 is 2.14 bits per heavy atom. The molecule has 1 aromatic heterocycles. The Morgan fingerprint density at radius 3 is 2.77 bits per heavy atom. The first-order valence-corrected chi connectivity index (χ1v) is 8.60. The molecule has 0 bridgehead atoms. The maximum absolute atomic E-state index is 12.1. The minimum Gasteiger partial charge on any atom is -0.333 e. The summed E-state index contributed by atoms with van der Waals surface area (Å²) in [5.74, 6) is -0.251. The molecular weight excluding hydrogens is 298 g/mol. The summed E-state index contributed by atoms with van der Waals surface area (Å²) in [6.45, 7) is 8.90. The minimum atomic E-state index is -0.432. The van der Waals surface area contributed by atoms with Crippen LogP contribution in [0.2, 0.25) is 0 Å². The van der Waals surface area contributed by atoms with Crippen molar-refractivity contribution in [2.24, 2.45) is 0 Å². The van der Waals surface area contributed by atoms with Crippen molar-refractivity contribution in [2.75, 3.05) is 13.1 Å². The molecule has 0 radical (unpaired) electrons. The molecule has 0 fully saturated rings. The number of imide groups is 1. The molecule has 1 atom stereocenters. The molecule has 22 heavy (non-hydrogen) atoms. The number of carbonyl (C=O) groups is 2. The van der Waals surface area contributed by atoms with Gasteiger partial charge in [-0.3, -0.25) is 15.0 Å². The topological polar surface area (TPSA) is 61.4 Å². The second-order valence-electron chi connectivity index (χ2n) is 6.70. The van der Waals surface area contributed by atoms with Crippen LogP contribution in [0, 0.1) is 0 Å². The molecule has 2 N–H and O–H groups in total. The molecule has 3 amide bonds. The summed E-state index contributed by atoms with van der Waals surface area (Å²) in [6.07, 6.45) is 1.94. The molecule has 5 nitrogen and oxygen atoms in total. The lowest BCUT2D eigenvalue weighted by Crippen LogP contribution is -2.51. The monoisotopic (exact) mass is 323 g/mol. The van der Waals surface area contributed by atoms with Gasteiger partial charge in [0, 0.05) is 23.0 Å². The van der Waals surface area contributed by atoms with E-state index in [1.807, 2.05) is 20.8 Å². The van der Waals surface area contributed by atoms with Crippen LogP contribution in [0.3, 0.4) is 0 Å². The van der Waals surface area contributed by atoms with Gasteiger partial charge in [0.15, 0.2) is 0 Å². The van der Waals surface area contributed by atoms with Gasteiger partial charge in [0.1, 0.15) is 0 Å². The van der Waals surface area contributed by atoms with Crippen LogP contribution in [0.5, 0.6) is 0 Å². The minimum absolute atomic E-state index is 0.251. The van der Waals surface area contributed by atoms with Crippen molar-refractivity contribution in [3.05, 3.63) is 21.9 Å². The second kappa shape index (κ2) is 6.79. The molecule has 1 aromatic rings. The first kappa shape index (κ1) is 17.0. The molecule has 0 saturated carbocycles. The summed E-state index contributed by atoms with van der Waals surface area (Å²) in [5.41, 5.74) is 0.984. The van der Waals surface area contributed by atoms with E-state index in [1.54, 1.807) is 11.3 Å². The molecule has 1 aliphatic heterocycles. The Labute approximate surface area is 136 Å². The molecule has 2 heterocycles. The average Bonchev–Trinajstić information content (AvgIpc) is 2.84. The fourth-order valence-corrected chi connectivity index (χ4v) is 3.77. The number of fused-ring (bicyclic) bond motifs is 1. The van der Waals surface area contributed by atoms with Gasteiger partial charge in [-0.1, -0.05) is 6.92 Å². The quantitative estimate of drug-likeness (QED) is 0.899. The number of urea groups is 1. The van der Waals surface area contributed by atoms with E-state index in [2.05, 4.69) is 33.9 Å². The maximum atomic E-state index is 12.1. The number of nitrogens with zero attached hydrogens (tertiary/aromatic N) is 1. The fourth-order valence-electron chi connectivity index (χ4n) is 2.84. The van der Waals surface area contributed by atoms with E-state index in [0.29, 0.717) is 0 Å². The zero-order chi connectivity index (χ0) is 16.3. The van der Waals surface area contributed by atoms with Gasteiger partial charge < -0.3 is 5.32 Å². The van der Waals surface area contributed by atoms with Crippen molar-refractivity contribution < 1.29 is 9.59 Å². The molecule has 6 heteroatoms. The van der Waals surface area contributed by atoms with Crippen LogP contribution in [0.15, 0.2) is 11.4 Å². The van der Waals surface area contributed by atoms with Crippen LogP contribution in [0.1, 0.15) is 50.6 Å². The highest BCUT2D eigenvalue weighted by Gasteiger charge is 2.28. The maximum Gasteiger partial charge on any atom is 0.321 e. The van der Waals surface area contributed by atoms with E-state index < -0.39 is 6.03 Å². The van der Waals surface area contributed by atoms with E-state index in [4.69, 9.17) is 0 Å². The summed E-state index contributed by atoms with van der Waals surface area (Å²) in [5, 5.41) is 7.27. The smallest absolute Gasteiger partial charge is 0.321 e. The first-order valence-electron chi connectivity index (χ1n) is 7.72. The van der Waals surface area contributed by atoms with Gasteiger partial charge in [-0.25, -0.2) is 4.79 Å². The molecular formula is C16H25N3O2S. The molecule has 0 aliphatic carbocycles. The van der Waals surface area contributed by atoms with Crippen LogP contribution in [-0.4, -0.2) is 35.5 Å². The van der Waals surface area contributed by atoms with Gasteiger partial charge in [0.05, 0.1) is 6.54 Å². The van der Waals surface area contributed by atoms with Crippen molar-refractivity contribution in [3.63, 3.8) is 0 Å². The summed E-state index contributed by atoms with van der Waals surface area (Å²) in [7, 11) is 0. The van der Waals surface area contributed by atoms with Crippen LogP contribution >= 0.6 is 11.3 Å². The Morgan fingerprint density at radius 1 is 1.41 bits per heavy atom. The Bertz CT molecular complexity index is 548. The number of thiophene rings is 1. The lowest BCUT2D eigenvalue weighted by molar-refractivity contribution is -0.121. The molecule has 2 rings (SSSR count). The highest BCUT2D eigenvalue weighted by Crippen LogP contribution is 2.34. The highest BCUT2D eigenvalue weighted by atomic mass is 32.1. The summed E-state index contributed by atoms with van der Waals surface area (Å²) in [6, 6.07) is 2.00.